The maximum absolute atomic E-state index is 12.1. The maximum Gasteiger partial charge on any atom is 0.224 e. The van der Waals surface area contributed by atoms with E-state index in [1.54, 1.807) is 6.92 Å². The van der Waals surface area contributed by atoms with Gasteiger partial charge in [-0.15, -0.1) is 0 Å². The molecule has 1 amide bonds. The molecule has 1 aromatic carbocycles. The molecule has 1 fully saturated rings. The molecule has 0 bridgehead atoms. The van der Waals surface area contributed by atoms with E-state index < -0.39 is 6.10 Å². The summed E-state index contributed by atoms with van der Waals surface area (Å²) in [5.74, 6) is 1.19. The van der Waals surface area contributed by atoms with Crippen LogP contribution in [0, 0.1) is 11.8 Å². The highest BCUT2D eigenvalue weighted by Crippen LogP contribution is 2.59. The summed E-state index contributed by atoms with van der Waals surface area (Å²) in [4.78, 5) is 12.1. The topological polar surface area (TPSA) is 49.3 Å². The van der Waals surface area contributed by atoms with Crippen molar-refractivity contribution in [1.82, 2.24) is 5.32 Å². The summed E-state index contributed by atoms with van der Waals surface area (Å²) in [5, 5.41) is 12.0. The van der Waals surface area contributed by atoms with Crippen molar-refractivity contribution in [2.24, 2.45) is 11.8 Å². The Kier molecular flexibility index (Phi) is 2.86. The first kappa shape index (κ1) is 11.7. The van der Waals surface area contributed by atoms with E-state index in [0.717, 1.165) is 12.8 Å². The minimum atomic E-state index is -0.470. The molecular weight excluding hydrogens is 226 g/mol. The van der Waals surface area contributed by atoms with Gasteiger partial charge in [0.15, 0.2) is 0 Å². The standard InChI is InChI=1S/C15H19NO2/c1-9(17)8-16-15(18)14-12-7-6-10-4-2-3-5-11(10)13(12)14/h2-5,9,12-14,17H,6-8H2,1H3,(H,16,18)/t9-,12?,13?,14?/m1/s1. The Morgan fingerprint density at radius 1 is 1.50 bits per heavy atom. The second kappa shape index (κ2) is 4.39. The number of amides is 1. The molecule has 0 aliphatic heterocycles. The minimum absolute atomic E-state index is 0.114. The molecule has 2 aliphatic carbocycles. The summed E-state index contributed by atoms with van der Waals surface area (Å²) in [7, 11) is 0. The number of fused-ring (bicyclic) bond motifs is 3. The molecule has 3 heteroatoms. The van der Waals surface area contributed by atoms with Gasteiger partial charge in [0.2, 0.25) is 5.91 Å². The fraction of sp³-hybridized carbons (Fsp3) is 0.533. The molecular formula is C15H19NO2. The molecule has 1 aromatic rings. The normalized spacial score (nSPS) is 30.0. The van der Waals surface area contributed by atoms with Gasteiger partial charge in [-0.3, -0.25) is 4.79 Å². The van der Waals surface area contributed by atoms with Crippen LogP contribution in [0.25, 0.3) is 0 Å². The van der Waals surface area contributed by atoms with Crippen LogP contribution in [-0.2, 0) is 11.2 Å². The number of hydrogen-bond acceptors (Lipinski definition) is 2. The first-order chi connectivity index (χ1) is 8.68. The summed E-state index contributed by atoms with van der Waals surface area (Å²) in [6, 6.07) is 8.47. The van der Waals surface area contributed by atoms with E-state index >= 15 is 0 Å². The molecule has 4 atom stereocenters. The lowest BCUT2D eigenvalue weighted by Gasteiger charge is -2.13. The number of aliphatic hydroxyl groups excluding tert-OH is 1. The molecule has 0 heterocycles. The Labute approximate surface area is 107 Å². The number of carbonyl (C=O) groups excluding carboxylic acids is 1. The third-order valence-corrected chi connectivity index (χ3v) is 4.20. The number of hydrogen-bond donors (Lipinski definition) is 2. The van der Waals surface area contributed by atoms with Gasteiger partial charge in [0.25, 0.3) is 0 Å². The number of carbonyl (C=O) groups is 1. The van der Waals surface area contributed by atoms with Gasteiger partial charge in [0.05, 0.1) is 6.10 Å². The Balaban J connectivity index is 1.71. The molecule has 0 saturated heterocycles. The number of aryl methyl sites for hydroxylation is 1. The minimum Gasteiger partial charge on any atom is -0.392 e. The van der Waals surface area contributed by atoms with Crippen molar-refractivity contribution in [1.29, 1.82) is 0 Å². The Morgan fingerprint density at radius 3 is 3.06 bits per heavy atom. The maximum atomic E-state index is 12.1. The molecule has 0 spiro atoms. The first-order valence-corrected chi connectivity index (χ1v) is 6.72. The quantitative estimate of drug-likeness (QED) is 0.847. The third kappa shape index (κ3) is 1.93. The molecule has 0 radical (unpaired) electrons. The molecule has 3 nitrogen and oxygen atoms in total. The number of nitrogens with one attached hydrogen (secondary N) is 1. The molecule has 96 valence electrons. The fourth-order valence-corrected chi connectivity index (χ4v) is 3.29. The molecule has 1 saturated carbocycles. The number of aliphatic hydroxyl groups is 1. The van der Waals surface area contributed by atoms with Gasteiger partial charge in [-0.1, -0.05) is 24.3 Å². The van der Waals surface area contributed by atoms with E-state index in [1.165, 1.54) is 11.1 Å². The lowest BCUT2D eigenvalue weighted by atomic mass is 9.92. The van der Waals surface area contributed by atoms with E-state index in [1.807, 2.05) is 0 Å². The Bertz CT molecular complexity index is 469. The molecule has 0 aromatic heterocycles. The van der Waals surface area contributed by atoms with Crippen molar-refractivity contribution in [3.8, 4) is 0 Å². The van der Waals surface area contributed by atoms with Crippen LogP contribution in [0.4, 0.5) is 0 Å². The summed E-state index contributed by atoms with van der Waals surface area (Å²) in [6.45, 7) is 2.05. The average molecular weight is 245 g/mol. The SMILES string of the molecule is C[C@@H](O)CNC(=O)C1C2CCc3ccccc3C21. The zero-order valence-corrected chi connectivity index (χ0v) is 10.6. The summed E-state index contributed by atoms with van der Waals surface area (Å²) < 4.78 is 0. The van der Waals surface area contributed by atoms with Crippen LogP contribution in [0.15, 0.2) is 24.3 Å². The van der Waals surface area contributed by atoms with Crippen molar-refractivity contribution in [3.63, 3.8) is 0 Å². The van der Waals surface area contributed by atoms with Crippen LogP contribution >= 0.6 is 0 Å². The monoisotopic (exact) mass is 245 g/mol. The third-order valence-electron chi connectivity index (χ3n) is 4.20. The molecule has 3 rings (SSSR count). The van der Waals surface area contributed by atoms with Crippen molar-refractivity contribution < 1.29 is 9.90 Å². The van der Waals surface area contributed by atoms with Crippen LogP contribution < -0.4 is 5.32 Å². The van der Waals surface area contributed by atoms with Gasteiger partial charge in [0.1, 0.15) is 0 Å². The van der Waals surface area contributed by atoms with Crippen LogP contribution in [0.5, 0.6) is 0 Å². The predicted octanol–water partition coefficient (Wildman–Crippen LogP) is 1.46. The Morgan fingerprint density at radius 2 is 2.28 bits per heavy atom. The average Bonchev–Trinajstić information content (AvgIpc) is 3.10. The highest BCUT2D eigenvalue weighted by molar-refractivity contribution is 5.84. The van der Waals surface area contributed by atoms with Crippen molar-refractivity contribution >= 4 is 5.91 Å². The van der Waals surface area contributed by atoms with E-state index in [-0.39, 0.29) is 11.8 Å². The van der Waals surface area contributed by atoms with Crippen molar-refractivity contribution in [3.05, 3.63) is 35.4 Å². The van der Waals surface area contributed by atoms with Crippen LogP contribution in [0.1, 0.15) is 30.4 Å². The van der Waals surface area contributed by atoms with Gasteiger partial charge >= 0.3 is 0 Å². The van der Waals surface area contributed by atoms with Gasteiger partial charge in [-0.25, -0.2) is 0 Å². The molecule has 2 N–H and O–H groups in total. The summed E-state index contributed by atoms with van der Waals surface area (Å²) >= 11 is 0. The predicted molar refractivity (Wildman–Crippen MR) is 69.2 cm³/mol. The van der Waals surface area contributed by atoms with Gasteiger partial charge in [-0.05, 0) is 42.7 Å². The smallest absolute Gasteiger partial charge is 0.224 e. The largest absolute Gasteiger partial charge is 0.392 e. The number of benzene rings is 1. The highest BCUT2D eigenvalue weighted by atomic mass is 16.3. The van der Waals surface area contributed by atoms with Gasteiger partial charge < -0.3 is 10.4 Å². The summed E-state index contributed by atoms with van der Waals surface area (Å²) in [6.07, 6.45) is 1.74. The Hall–Kier alpha value is -1.35. The van der Waals surface area contributed by atoms with E-state index in [0.29, 0.717) is 18.4 Å². The van der Waals surface area contributed by atoms with Crippen molar-refractivity contribution in [2.45, 2.75) is 31.8 Å². The molecule has 18 heavy (non-hydrogen) atoms. The van der Waals surface area contributed by atoms with Crippen LogP contribution in [-0.4, -0.2) is 23.7 Å². The lowest BCUT2D eigenvalue weighted by Crippen LogP contribution is -2.32. The van der Waals surface area contributed by atoms with Gasteiger partial charge in [-0.2, -0.15) is 0 Å². The fourth-order valence-electron chi connectivity index (χ4n) is 3.29. The van der Waals surface area contributed by atoms with E-state index in [9.17, 15) is 9.90 Å². The van der Waals surface area contributed by atoms with Crippen LogP contribution in [0.3, 0.4) is 0 Å². The second-order valence-electron chi connectivity index (χ2n) is 5.55. The lowest BCUT2D eigenvalue weighted by molar-refractivity contribution is -0.123. The van der Waals surface area contributed by atoms with Crippen molar-refractivity contribution in [2.75, 3.05) is 6.54 Å². The van der Waals surface area contributed by atoms with E-state index in [2.05, 4.69) is 29.6 Å². The van der Waals surface area contributed by atoms with Gasteiger partial charge in [0, 0.05) is 12.5 Å². The highest BCUT2D eigenvalue weighted by Gasteiger charge is 2.56. The first-order valence-electron chi connectivity index (χ1n) is 6.72. The van der Waals surface area contributed by atoms with Crippen LogP contribution in [0.2, 0.25) is 0 Å². The summed E-state index contributed by atoms with van der Waals surface area (Å²) in [5.41, 5.74) is 2.77. The zero-order valence-electron chi connectivity index (χ0n) is 10.6. The second-order valence-corrected chi connectivity index (χ2v) is 5.55. The zero-order chi connectivity index (χ0) is 12.7. The number of rotatable bonds is 3. The molecule has 2 aliphatic rings. The molecule has 3 unspecified atom stereocenters. The van der Waals surface area contributed by atoms with E-state index in [4.69, 9.17) is 0 Å².